The van der Waals surface area contributed by atoms with Crippen LogP contribution in [0.25, 0.3) is 11.5 Å². The lowest BCUT2D eigenvalue weighted by atomic mass is 10.2. The van der Waals surface area contributed by atoms with E-state index in [4.69, 9.17) is 5.11 Å². The molecule has 0 fully saturated rings. The lowest BCUT2D eigenvalue weighted by Crippen LogP contribution is -2.44. The van der Waals surface area contributed by atoms with Crippen LogP contribution >= 0.6 is 0 Å². The number of fused-ring (bicyclic) bond motifs is 1. The largest absolute Gasteiger partial charge is 0.465 e. The fourth-order valence-corrected chi connectivity index (χ4v) is 2.18. The van der Waals surface area contributed by atoms with Gasteiger partial charge in [-0.05, 0) is 6.92 Å². The van der Waals surface area contributed by atoms with E-state index in [-0.39, 0.29) is 12.6 Å². The Morgan fingerprint density at radius 2 is 2.26 bits per heavy atom. The van der Waals surface area contributed by atoms with Gasteiger partial charge in [-0.3, -0.25) is 9.88 Å². The molecule has 8 nitrogen and oxygen atoms in total. The summed E-state index contributed by atoms with van der Waals surface area (Å²) in [6.07, 6.45) is 3.85. The summed E-state index contributed by atoms with van der Waals surface area (Å²) in [6, 6.07) is -0.128. The first-order valence-corrected chi connectivity index (χ1v) is 5.85. The van der Waals surface area contributed by atoms with Crippen LogP contribution in [0.1, 0.15) is 12.7 Å². The second-order valence-corrected chi connectivity index (χ2v) is 4.40. The molecule has 1 aliphatic heterocycles. The first kappa shape index (κ1) is 11.6. The second kappa shape index (κ2) is 4.30. The van der Waals surface area contributed by atoms with E-state index in [1.54, 1.807) is 18.6 Å². The van der Waals surface area contributed by atoms with Crippen LogP contribution in [0, 0.1) is 0 Å². The summed E-state index contributed by atoms with van der Waals surface area (Å²) in [4.78, 5) is 20.6. The molecule has 0 saturated heterocycles. The first-order chi connectivity index (χ1) is 9.16. The van der Waals surface area contributed by atoms with Crippen molar-refractivity contribution in [1.82, 2.24) is 29.6 Å². The second-order valence-electron chi connectivity index (χ2n) is 4.40. The van der Waals surface area contributed by atoms with E-state index in [1.165, 1.54) is 4.90 Å². The molecule has 98 valence electrons. The van der Waals surface area contributed by atoms with E-state index in [2.05, 4.69) is 20.2 Å². The predicted octanol–water partition coefficient (Wildman–Crippen LogP) is 0.617. The SMILES string of the molecule is CC1Cn2c(nnc2-c2cnccn2)CN1C(=O)O. The molecule has 2 aromatic heterocycles. The lowest BCUT2D eigenvalue weighted by Gasteiger charge is -2.31. The maximum Gasteiger partial charge on any atom is 0.408 e. The van der Waals surface area contributed by atoms with Crippen molar-refractivity contribution in [3.8, 4) is 11.5 Å². The number of aromatic nitrogens is 5. The summed E-state index contributed by atoms with van der Waals surface area (Å²) < 4.78 is 1.90. The van der Waals surface area contributed by atoms with Crippen molar-refractivity contribution in [2.75, 3.05) is 0 Å². The van der Waals surface area contributed by atoms with Crippen LogP contribution in [0.4, 0.5) is 4.79 Å². The van der Waals surface area contributed by atoms with Gasteiger partial charge >= 0.3 is 6.09 Å². The summed E-state index contributed by atoms with van der Waals surface area (Å²) >= 11 is 0. The van der Waals surface area contributed by atoms with Crippen molar-refractivity contribution >= 4 is 6.09 Å². The molecule has 1 N–H and O–H groups in total. The number of amides is 1. The Balaban J connectivity index is 2.00. The predicted molar refractivity (Wildman–Crippen MR) is 64.1 cm³/mol. The third-order valence-corrected chi connectivity index (χ3v) is 3.16. The van der Waals surface area contributed by atoms with E-state index in [9.17, 15) is 4.79 Å². The van der Waals surface area contributed by atoms with Crippen LogP contribution in [0.3, 0.4) is 0 Å². The highest BCUT2D eigenvalue weighted by Crippen LogP contribution is 2.22. The van der Waals surface area contributed by atoms with Gasteiger partial charge in [0.05, 0.1) is 18.8 Å². The van der Waals surface area contributed by atoms with E-state index in [0.717, 1.165) is 0 Å². The molecule has 3 rings (SSSR count). The quantitative estimate of drug-likeness (QED) is 0.807. The standard InChI is InChI=1S/C11H12N6O2/c1-7-5-17-9(6-16(7)11(18)19)14-15-10(17)8-4-12-2-3-13-8/h2-4,7H,5-6H2,1H3,(H,18,19). The van der Waals surface area contributed by atoms with Crippen LogP contribution in [0.15, 0.2) is 18.6 Å². The van der Waals surface area contributed by atoms with Crippen LogP contribution in [0.2, 0.25) is 0 Å². The van der Waals surface area contributed by atoms with Crippen LogP contribution < -0.4 is 0 Å². The fourth-order valence-electron chi connectivity index (χ4n) is 2.18. The molecule has 0 bridgehead atoms. The van der Waals surface area contributed by atoms with Crippen molar-refractivity contribution < 1.29 is 9.90 Å². The van der Waals surface area contributed by atoms with Gasteiger partial charge in [-0.1, -0.05) is 0 Å². The van der Waals surface area contributed by atoms with Gasteiger partial charge < -0.3 is 9.67 Å². The van der Waals surface area contributed by atoms with Crippen molar-refractivity contribution in [2.45, 2.75) is 26.1 Å². The minimum atomic E-state index is -0.942. The van der Waals surface area contributed by atoms with Gasteiger partial charge in [0.2, 0.25) is 0 Å². The van der Waals surface area contributed by atoms with E-state index < -0.39 is 6.09 Å². The van der Waals surface area contributed by atoms with Crippen LogP contribution in [0.5, 0.6) is 0 Å². The molecule has 1 aliphatic rings. The Kier molecular flexibility index (Phi) is 2.62. The van der Waals surface area contributed by atoms with E-state index in [1.807, 2.05) is 11.5 Å². The maximum atomic E-state index is 11.1. The maximum absolute atomic E-state index is 11.1. The Bertz CT molecular complexity index is 611. The highest BCUT2D eigenvalue weighted by molar-refractivity contribution is 5.65. The third kappa shape index (κ3) is 1.90. The molecule has 8 heteroatoms. The molecule has 0 aromatic carbocycles. The number of hydrogen-bond donors (Lipinski definition) is 1. The number of rotatable bonds is 1. The topological polar surface area (TPSA) is 97.0 Å². The van der Waals surface area contributed by atoms with Crippen molar-refractivity contribution in [2.24, 2.45) is 0 Å². The monoisotopic (exact) mass is 260 g/mol. The smallest absolute Gasteiger partial charge is 0.408 e. The molecule has 19 heavy (non-hydrogen) atoms. The molecule has 0 saturated carbocycles. The Hall–Kier alpha value is -2.51. The summed E-state index contributed by atoms with van der Waals surface area (Å²) in [5.74, 6) is 1.25. The third-order valence-electron chi connectivity index (χ3n) is 3.16. The van der Waals surface area contributed by atoms with Crippen LogP contribution in [-0.4, -0.2) is 46.9 Å². The van der Waals surface area contributed by atoms with Crippen molar-refractivity contribution in [3.63, 3.8) is 0 Å². The fraction of sp³-hybridized carbons (Fsp3) is 0.364. The summed E-state index contributed by atoms with van der Waals surface area (Å²) in [7, 11) is 0. The highest BCUT2D eigenvalue weighted by Gasteiger charge is 2.30. The number of carboxylic acid groups (broad SMARTS) is 1. The molecule has 0 aliphatic carbocycles. The highest BCUT2D eigenvalue weighted by atomic mass is 16.4. The van der Waals surface area contributed by atoms with Crippen LogP contribution in [-0.2, 0) is 13.1 Å². The number of hydrogen-bond acceptors (Lipinski definition) is 5. The minimum Gasteiger partial charge on any atom is -0.465 e. The van der Waals surface area contributed by atoms with E-state index in [0.29, 0.717) is 23.9 Å². The first-order valence-electron chi connectivity index (χ1n) is 5.85. The number of nitrogens with zero attached hydrogens (tertiary/aromatic N) is 6. The Morgan fingerprint density at radius 3 is 2.95 bits per heavy atom. The minimum absolute atomic E-state index is 0.128. The zero-order chi connectivity index (χ0) is 13.4. The normalized spacial score (nSPS) is 18.2. The summed E-state index contributed by atoms with van der Waals surface area (Å²) in [5.41, 5.74) is 0.636. The zero-order valence-corrected chi connectivity index (χ0v) is 10.3. The van der Waals surface area contributed by atoms with Gasteiger partial charge in [0.1, 0.15) is 5.69 Å². The average molecular weight is 260 g/mol. The lowest BCUT2D eigenvalue weighted by molar-refractivity contribution is 0.107. The zero-order valence-electron chi connectivity index (χ0n) is 10.3. The molecule has 0 radical (unpaired) electrons. The van der Waals surface area contributed by atoms with Gasteiger partial charge in [0.15, 0.2) is 11.6 Å². The van der Waals surface area contributed by atoms with Gasteiger partial charge in [0, 0.05) is 18.9 Å². The Morgan fingerprint density at radius 1 is 1.42 bits per heavy atom. The van der Waals surface area contributed by atoms with Gasteiger partial charge in [-0.25, -0.2) is 9.78 Å². The molecule has 1 amide bonds. The molecule has 0 spiro atoms. The molecule has 3 heterocycles. The Labute approximate surface area is 108 Å². The average Bonchev–Trinajstić information content (AvgIpc) is 2.81. The summed E-state index contributed by atoms with van der Waals surface area (Å²) in [6.45, 7) is 2.61. The van der Waals surface area contributed by atoms with Crippen molar-refractivity contribution in [1.29, 1.82) is 0 Å². The molecule has 1 atom stereocenters. The van der Waals surface area contributed by atoms with Gasteiger partial charge in [-0.2, -0.15) is 0 Å². The number of carbonyl (C=O) groups is 1. The van der Waals surface area contributed by atoms with E-state index >= 15 is 0 Å². The van der Waals surface area contributed by atoms with Gasteiger partial charge in [-0.15, -0.1) is 10.2 Å². The summed E-state index contributed by atoms with van der Waals surface area (Å²) in [5, 5.41) is 17.2. The molecular formula is C11H12N6O2. The van der Waals surface area contributed by atoms with Crippen molar-refractivity contribution in [3.05, 3.63) is 24.4 Å². The molecule has 2 aromatic rings. The molecular weight excluding hydrogens is 248 g/mol. The molecule has 1 unspecified atom stereocenters. The van der Waals surface area contributed by atoms with Gasteiger partial charge in [0.25, 0.3) is 0 Å².